The number of halogens is 2. The third kappa shape index (κ3) is 2.10. The van der Waals surface area contributed by atoms with E-state index in [1.165, 1.54) is 19.2 Å². The summed E-state index contributed by atoms with van der Waals surface area (Å²) >= 11 is 8.75. The van der Waals surface area contributed by atoms with Crippen molar-refractivity contribution in [2.24, 2.45) is 0 Å². The molecule has 0 aliphatic heterocycles. The number of aromatic hydroxyl groups is 1. The second-order valence-corrected chi connectivity index (χ2v) is 3.52. The Balaban J connectivity index is 3.28. The number of hydrogen-bond donors (Lipinski definition) is 1. The molecule has 0 aliphatic carbocycles. The van der Waals surface area contributed by atoms with Gasteiger partial charge in [0.05, 0.1) is 9.93 Å². The minimum atomic E-state index is -0.304. The van der Waals surface area contributed by atoms with E-state index >= 15 is 0 Å². The second-order valence-electron chi connectivity index (χ2n) is 2.20. The van der Waals surface area contributed by atoms with Crippen molar-refractivity contribution in [1.29, 1.82) is 0 Å². The van der Waals surface area contributed by atoms with E-state index in [2.05, 4.69) is 20.8 Å². The quantitative estimate of drug-likeness (QED) is 0.838. The molecule has 0 heterocycles. The average molecular weight is 267 g/mol. The van der Waals surface area contributed by atoms with Crippen molar-refractivity contribution in [2.45, 2.75) is 0 Å². The third-order valence-corrected chi connectivity index (χ3v) is 2.12. The summed E-state index contributed by atoms with van der Waals surface area (Å²) in [7, 11) is 1.20. The topological polar surface area (TPSA) is 49.5 Å². The maximum atomic E-state index is 11.0. The van der Waals surface area contributed by atoms with E-state index in [4.69, 9.17) is 11.6 Å². The Morgan fingerprint density at radius 1 is 1.62 bits per heavy atom. The van der Waals surface area contributed by atoms with Gasteiger partial charge in [-0.3, -0.25) is 0 Å². The van der Waals surface area contributed by atoms with Crippen molar-refractivity contribution in [1.82, 2.24) is 0 Å². The molecule has 0 fully saturated rings. The third-order valence-electron chi connectivity index (χ3n) is 1.37. The molecule has 0 saturated heterocycles. The lowest BCUT2D eigenvalue weighted by Crippen LogP contribution is -1.98. The van der Waals surface area contributed by atoms with Gasteiger partial charge in [0.2, 0.25) is 5.75 Å². The first-order valence-corrected chi connectivity index (χ1v) is 4.42. The molecule has 0 bridgehead atoms. The molecule has 0 aliphatic rings. The van der Waals surface area contributed by atoms with Gasteiger partial charge in [0.25, 0.3) is 4.92 Å². The Bertz CT molecular complexity index is 356. The fourth-order valence-electron chi connectivity index (χ4n) is 0.790. The van der Waals surface area contributed by atoms with Gasteiger partial charge >= 0.3 is 5.69 Å². The summed E-state index contributed by atoms with van der Waals surface area (Å²) in [5.41, 5.74) is -0.0399. The summed E-state index contributed by atoms with van der Waals surface area (Å²) in [6, 6.07) is 2.88. The van der Waals surface area contributed by atoms with Crippen molar-refractivity contribution in [2.75, 3.05) is 7.11 Å². The van der Waals surface area contributed by atoms with E-state index in [-0.39, 0.29) is 21.4 Å². The van der Waals surface area contributed by atoms with Crippen LogP contribution in [0.3, 0.4) is 0 Å². The summed E-state index contributed by atoms with van der Waals surface area (Å²) in [6.07, 6.45) is 0. The Morgan fingerprint density at radius 2 is 2.23 bits per heavy atom. The highest BCUT2D eigenvalue weighted by Gasteiger charge is 2.23. The van der Waals surface area contributed by atoms with Crippen molar-refractivity contribution in [3.8, 4) is 5.75 Å². The monoisotopic (exact) mass is 266 g/mol. The first-order chi connectivity index (χ1) is 6.06. The van der Waals surface area contributed by atoms with E-state index in [0.29, 0.717) is 4.47 Å². The minimum Gasteiger partial charge on any atom is -0.501 e. The van der Waals surface area contributed by atoms with Crippen LogP contribution in [0.2, 0.25) is 5.02 Å². The molecule has 13 heavy (non-hydrogen) atoms. The fourth-order valence-corrected chi connectivity index (χ4v) is 1.58. The van der Waals surface area contributed by atoms with E-state index in [1.54, 1.807) is 0 Å². The van der Waals surface area contributed by atoms with Gasteiger partial charge < -0.3 is 5.11 Å². The summed E-state index contributed by atoms with van der Waals surface area (Å²) in [5.74, 6) is -0.304. The van der Waals surface area contributed by atoms with E-state index < -0.39 is 0 Å². The highest BCUT2D eigenvalue weighted by atomic mass is 79.9. The second kappa shape index (κ2) is 3.93. The van der Waals surface area contributed by atoms with E-state index in [0.717, 1.165) is 0 Å². The molecule has 6 heteroatoms. The lowest BCUT2D eigenvalue weighted by Gasteiger charge is -1.97. The smallest absolute Gasteiger partial charge is 0.360 e. The van der Waals surface area contributed by atoms with Gasteiger partial charge in [-0.05, 0) is 6.07 Å². The van der Waals surface area contributed by atoms with Crippen LogP contribution in [0.1, 0.15) is 0 Å². The number of hydrogen-bond acceptors (Lipinski definition) is 3. The fraction of sp³-hybridized carbons (Fsp3) is 0.143. The molecule has 0 amide bonds. The summed E-state index contributed by atoms with van der Waals surface area (Å²) in [4.78, 5) is 15.5. The highest BCUT2D eigenvalue weighted by Crippen LogP contribution is 2.36. The number of phenolic OH excluding ortho intramolecular Hbond substituents is 1. The largest absolute Gasteiger partial charge is 0.501 e. The van der Waals surface area contributed by atoms with Crippen LogP contribution in [0, 0.1) is 4.91 Å². The zero-order valence-electron chi connectivity index (χ0n) is 6.62. The van der Waals surface area contributed by atoms with Crippen molar-refractivity contribution >= 4 is 33.2 Å². The van der Waals surface area contributed by atoms with Crippen LogP contribution >= 0.6 is 27.5 Å². The lowest BCUT2D eigenvalue weighted by atomic mass is 10.3. The molecule has 1 aromatic carbocycles. The number of benzene rings is 1. The van der Waals surface area contributed by atoms with Gasteiger partial charge in [-0.2, -0.15) is 0 Å². The van der Waals surface area contributed by atoms with Crippen molar-refractivity contribution in [3.63, 3.8) is 0 Å². The van der Waals surface area contributed by atoms with Crippen LogP contribution in [0.5, 0.6) is 5.75 Å². The molecule has 0 aromatic heterocycles. The minimum absolute atomic E-state index is 0.0399. The standard InChI is InChI=1S/C7H5BrClNO3/c1-13-10(12)6-3-4(8)2-5(9)7(6)11/h2-3H,1H3/p+1. The molecular weight excluding hydrogens is 261 g/mol. The molecule has 0 saturated carbocycles. The summed E-state index contributed by atoms with van der Waals surface area (Å²) in [5, 5.41) is 9.43. The molecule has 1 N–H and O–H groups in total. The van der Waals surface area contributed by atoms with Gasteiger partial charge in [-0.1, -0.05) is 27.5 Å². The van der Waals surface area contributed by atoms with Crippen molar-refractivity contribution < 1.29 is 14.9 Å². The molecule has 1 rings (SSSR count). The first-order valence-electron chi connectivity index (χ1n) is 3.25. The molecule has 0 radical (unpaired) electrons. The normalized spacial score (nSPS) is 9.77. The molecular formula is C7H6BrClNO3+. The van der Waals surface area contributed by atoms with Crippen LogP contribution in [0.4, 0.5) is 5.69 Å². The first kappa shape index (κ1) is 10.3. The predicted octanol–water partition coefficient (Wildman–Crippen LogP) is 2.78. The highest BCUT2D eigenvalue weighted by molar-refractivity contribution is 9.10. The summed E-state index contributed by atoms with van der Waals surface area (Å²) < 4.78 is 0.586. The molecule has 70 valence electrons. The van der Waals surface area contributed by atoms with Crippen LogP contribution in [-0.2, 0) is 4.84 Å². The van der Waals surface area contributed by atoms with Crippen LogP contribution in [0.25, 0.3) is 0 Å². The van der Waals surface area contributed by atoms with E-state index in [9.17, 15) is 10.0 Å². The number of nitrogens with zero attached hydrogens (tertiary/aromatic N) is 1. The molecule has 0 unspecified atom stereocenters. The molecule has 0 atom stereocenters. The zero-order valence-corrected chi connectivity index (χ0v) is 8.96. The molecule has 0 spiro atoms. The van der Waals surface area contributed by atoms with Gasteiger partial charge in [-0.15, -0.1) is 0 Å². The lowest BCUT2D eigenvalue weighted by molar-refractivity contribution is -0.736. The predicted molar refractivity (Wildman–Crippen MR) is 51.1 cm³/mol. The average Bonchev–Trinajstić information content (AvgIpc) is 2.10. The van der Waals surface area contributed by atoms with Crippen LogP contribution in [0.15, 0.2) is 16.6 Å². The van der Waals surface area contributed by atoms with Crippen molar-refractivity contribution in [3.05, 3.63) is 26.5 Å². The van der Waals surface area contributed by atoms with Gasteiger partial charge in [0, 0.05) is 10.5 Å². The summed E-state index contributed by atoms with van der Waals surface area (Å²) in [6.45, 7) is 0. The zero-order chi connectivity index (χ0) is 10.0. The Hall–Kier alpha value is -0.810. The SMILES string of the molecule is CO[N+](=O)c1cc(Br)cc(Cl)c1O. The maximum Gasteiger partial charge on any atom is 0.360 e. The van der Waals surface area contributed by atoms with Gasteiger partial charge in [0.15, 0.2) is 7.11 Å². The van der Waals surface area contributed by atoms with E-state index in [1.807, 2.05) is 0 Å². The maximum absolute atomic E-state index is 11.0. The van der Waals surface area contributed by atoms with Gasteiger partial charge in [0.1, 0.15) is 0 Å². The molecule has 1 aromatic rings. The van der Waals surface area contributed by atoms with Crippen LogP contribution in [-0.4, -0.2) is 17.1 Å². The Kier molecular flexibility index (Phi) is 3.11. The van der Waals surface area contributed by atoms with Crippen LogP contribution < -0.4 is 0 Å². The number of rotatable bonds is 2. The molecule has 4 nitrogen and oxygen atoms in total. The Morgan fingerprint density at radius 3 is 2.77 bits per heavy atom. The van der Waals surface area contributed by atoms with Gasteiger partial charge in [-0.25, -0.2) is 4.84 Å². The number of phenols is 1. The Labute approximate surface area is 87.7 Å².